The predicted octanol–water partition coefficient (Wildman–Crippen LogP) is 4.71. The highest BCUT2D eigenvalue weighted by atomic mass is 35.5. The van der Waals surface area contributed by atoms with E-state index in [-0.39, 0.29) is 10.6 Å². The SMILES string of the molecule is CCC1(CC)CC(NS(=O)(=O)c2cc(Cl)ccc2OC)c2ccccc2O1. The van der Waals surface area contributed by atoms with E-state index < -0.39 is 21.7 Å². The molecule has 1 atom stereocenters. The summed E-state index contributed by atoms with van der Waals surface area (Å²) in [5.41, 5.74) is 0.430. The van der Waals surface area contributed by atoms with Crippen LogP contribution < -0.4 is 14.2 Å². The van der Waals surface area contributed by atoms with Crippen molar-refractivity contribution in [2.24, 2.45) is 0 Å². The molecule has 5 nitrogen and oxygen atoms in total. The van der Waals surface area contributed by atoms with Gasteiger partial charge in [-0.2, -0.15) is 0 Å². The van der Waals surface area contributed by atoms with Crippen molar-refractivity contribution in [3.05, 3.63) is 53.1 Å². The number of ether oxygens (including phenoxy) is 2. The van der Waals surface area contributed by atoms with Gasteiger partial charge in [0.15, 0.2) is 0 Å². The highest BCUT2D eigenvalue weighted by molar-refractivity contribution is 7.89. The van der Waals surface area contributed by atoms with Crippen molar-refractivity contribution in [3.63, 3.8) is 0 Å². The first-order valence-electron chi connectivity index (χ1n) is 8.98. The maximum absolute atomic E-state index is 13.1. The quantitative estimate of drug-likeness (QED) is 0.750. The number of para-hydroxylation sites is 1. The first-order chi connectivity index (χ1) is 12.8. The molecule has 1 heterocycles. The second kappa shape index (κ2) is 7.70. The zero-order valence-corrected chi connectivity index (χ0v) is 17.2. The fraction of sp³-hybridized carbons (Fsp3) is 0.400. The Morgan fingerprint density at radius 2 is 1.93 bits per heavy atom. The summed E-state index contributed by atoms with van der Waals surface area (Å²) in [7, 11) is -2.41. The third-order valence-corrected chi connectivity index (χ3v) is 6.93. The Bertz CT molecular complexity index is 925. The van der Waals surface area contributed by atoms with Gasteiger partial charge in [0, 0.05) is 17.0 Å². The van der Waals surface area contributed by atoms with Gasteiger partial charge < -0.3 is 9.47 Å². The lowest BCUT2D eigenvalue weighted by Crippen LogP contribution is -2.44. The molecule has 0 radical (unpaired) electrons. The summed E-state index contributed by atoms with van der Waals surface area (Å²) in [5, 5.41) is 0.333. The van der Waals surface area contributed by atoms with Crippen molar-refractivity contribution < 1.29 is 17.9 Å². The number of benzene rings is 2. The molecular weight excluding hydrogens is 386 g/mol. The molecule has 0 saturated carbocycles. The minimum absolute atomic E-state index is 0.0278. The van der Waals surface area contributed by atoms with Crippen molar-refractivity contribution >= 4 is 21.6 Å². The molecule has 0 spiro atoms. The molecule has 1 aliphatic rings. The van der Waals surface area contributed by atoms with Crippen molar-refractivity contribution in [1.29, 1.82) is 0 Å². The Kier molecular flexibility index (Phi) is 5.70. The van der Waals surface area contributed by atoms with Gasteiger partial charge in [0.25, 0.3) is 0 Å². The average Bonchev–Trinajstić information content (AvgIpc) is 2.67. The smallest absolute Gasteiger partial charge is 0.244 e. The average molecular weight is 410 g/mol. The summed E-state index contributed by atoms with van der Waals surface area (Å²) in [6, 6.07) is 11.7. The van der Waals surface area contributed by atoms with Gasteiger partial charge in [-0.15, -0.1) is 0 Å². The Morgan fingerprint density at radius 1 is 1.22 bits per heavy atom. The van der Waals surface area contributed by atoms with Crippen molar-refractivity contribution in [2.45, 2.75) is 49.6 Å². The molecule has 2 aromatic rings. The molecule has 146 valence electrons. The molecule has 0 bridgehead atoms. The van der Waals surface area contributed by atoms with Crippen LogP contribution in [0.25, 0.3) is 0 Å². The molecule has 1 N–H and O–H groups in total. The zero-order chi connectivity index (χ0) is 19.7. The summed E-state index contributed by atoms with van der Waals surface area (Å²) < 4.78 is 40.6. The van der Waals surface area contributed by atoms with Crippen LogP contribution in [0.15, 0.2) is 47.4 Å². The number of fused-ring (bicyclic) bond motifs is 1. The molecule has 0 aromatic heterocycles. The molecule has 3 rings (SSSR count). The Morgan fingerprint density at radius 3 is 2.59 bits per heavy atom. The lowest BCUT2D eigenvalue weighted by Gasteiger charge is -2.41. The van der Waals surface area contributed by atoms with Crippen LogP contribution in [-0.2, 0) is 10.0 Å². The van der Waals surface area contributed by atoms with Crippen LogP contribution in [0.4, 0.5) is 0 Å². The molecule has 0 saturated heterocycles. The first kappa shape index (κ1) is 20.0. The van der Waals surface area contributed by atoms with E-state index in [1.807, 2.05) is 24.3 Å². The first-order valence-corrected chi connectivity index (χ1v) is 10.8. The molecular formula is C20H24ClNO4S. The molecule has 0 aliphatic carbocycles. The van der Waals surface area contributed by atoms with Crippen LogP contribution in [0.3, 0.4) is 0 Å². The summed E-state index contributed by atoms with van der Waals surface area (Å²) in [6.07, 6.45) is 2.13. The maximum Gasteiger partial charge on any atom is 0.244 e. The summed E-state index contributed by atoms with van der Waals surface area (Å²) in [5.74, 6) is 0.975. The molecule has 7 heteroatoms. The molecule has 1 aliphatic heterocycles. The van der Waals surface area contributed by atoms with Gasteiger partial charge >= 0.3 is 0 Å². The standard InChI is InChI=1S/C20H24ClNO4S/c1-4-20(5-2)13-16(15-8-6-7-9-17(15)26-20)22-27(23,24)19-12-14(21)10-11-18(19)25-3/h6-12,16,22H,4-5,13H2,1-3H3. The lowest BCUT2D eigenvalue weighted by molar-refractivity contribution is 0.0260. The third-order valence-electron chi connectivity index (χ3n) is 5.20. The number of rotatable bonds is 6. The van der Waals surface area contributed by atoms with Crippen LogP contribution in [0, 0.1) is 0 Å². The lowest BCUT2D eigenvalue weighted by atomic mass is 9.84. The van der Waals surface area contributed by atoms with Crippen molar-refractivity contribution in [3.8, 4) is 11.5 Å². The Hall–Kier alpha value is -1.76. The van der Waals surface area contributed by atoms with E-state index in [0.717, 1.165) is 24.2 Å². The number of hydrogen-bond acceptors (Lipinski definition) is 4. The maximum atomic E-state index is 13.1. The number of sulfonamides is 1. The number of hydrogen-bond donors (Lipinski definition) is 1. The fourth-order valence-electron chi connectivity index (χ4n) is 3.52. The van der Waals surface area contributed by atoms with Crippen LogP contribution in [-0.4, -0.2) is 21.1 Å². The predicted molar refractivity (Wildman–Crippen MR) is 106 cm³/mol. The van der Waals surface area contributed by atoms with Gasteiger partial charge in [-0.3, -0.25) is 0 Å². The molecule has 0 amide bonds. The van der Waals surface area contributed by atoms with Crippen LogP contribution in [0.2, 0.25) is 5.02 Å². The van der Waals surface area contributed by atoms with E-state index in [0.29, 0.717) is 11.4 Å². The van der Waals surface area contributed by atoms with E-state index in [1.54, 1.807) is 12.1 Å². The van der Waals surface area contributed by atoms with E-state index in [9.17, 15) is 8.42 Å². The third kappa shape index (κ3) is 3.93. The van der Waals surface area contributed by atoms with E-state index in [1.165, 1.54) is 13.2 Å². The monoisotopic (exact) mass is 409 g/mol. The minimum Gasteiger partial charge on any atom is -0.495 e. The second-order valence-corrected chi connectivity index (χ2v) is 8.82. The van der Waals surface area contributed by atoms with Crippen molar-refractivity contribution in [1.82, 2.24) is 4.72 Å². The summed E-state index contributed by atoms with van der Waals surface area (Å²) in [4.78, 5) is 0.0278. The number of methoxy groups -OCH3 is 1. The van der Waals surface area contributed by atoms with Gasteiger partial charge in [0.1, 0.15) is 22.0 Å². The molecule has 0 fully saturated rings. The van der Waals surface area contributed by atoms with Gasteiger partial charge in [0.2, 0.25) is 10.0 Å². The van der Waals surface area contributed by atoms with Crippen LogP contribution >= 0.6 is 11.6 Å². The fourth-order valence-corrected chi connectivity index (χ4v) is 5.16. The van der Waals surface area contributed by atoms with E-state index in [2.05, 4.69) is 18.6 Å². The minimum atomic E-state index is -3.85. The van der Waals surface area contributed by atoms with Crippen LogP contribution in [0.5, 0.6) is 11.5 Å². The summed E-state index contributed by atoms with van der Waals surface area (Å²) >= 11 is 6.03. The number of nitrogens with one attached hydrogen (secondary N) is 1. The zero-order valence-electron chi connectivity index (χ0n) is 15.7. The largest absolute Gasteiger partial charge is 0.495 e. The Balaban J connectivity index is 2.02. The van der Waals surface area contributed by atoms with Crippen molar-refractivity contribution in [2.75, 3.05) is 7.11 Å². The highest BCUT2D eigenvalue weighted by Gasteiger charge is 2.40. The topological polar surface area (TPSA) is 64.6 Å². The van der Waals surface area contributed by atoms with Gasteiger partial charge in [-0.1, -0.05) is 43.6 Å². The van der Waals surface area contributed by atoms with Gasteiger partial charge in [-0.05, 0) is 37.1 Å². The molecule has 27 heavy (non-hydrogen) atoms. The molecule has 1 unspecified atom stereocenters. The van der Waals surface area contributed by atoms with Gasteiger partial charge in [0.05, 0.1) is 13.2 Å². The second-order valence-electron chi connectivity index (χ2n) is 6.70. The molecule has 2 aromatic carbocycles. The van der Waals surface area contributed by atoms with E-state index in [4.69, 9.17) is 21.1 Å². The van der Waals surface area contributed by atoms with Crippen LogP contribution in [0.1, 0.15) is 44.7 Å². The highest BCUT2D eigenvalue weighted by Crippen LogP contribution is 2.43. The normalized spacial score (nSPS) is 18.4. The van der Waals surface area contributed by atoms with Gasteiger partial charge in [-0.25, -0.2) is 13.1 Å². The van der Waals surface area contributed by atoms with E-state index >= 15 is 0 Å². The number of halogens is 1. The summed E-state index contributed by atoms with van der Waals surface area (Å²) in [6.45, 7) is 4.12. The Labute approximate surface area is 165 Å².